The first-order valence-corrected chi connectivity index (χ1v) is 10.1. The Bertz CT molecular complexity index is 979. The number of methoxy groups -OCH3 is 2. The molecule has 1 aliphatic rings. The van der Waals surface area contributed by atoms with Crippen LogP contribution in [0.15, 0.2) is 47.4 Å². The van der Waals surface area contributed by atoms with E-state index in [1.54, 1.807) is 36.4 Å². The summed E-state index contributed by atoms with van der Waals surface area (Å²) >= 11 is 0. The Morgan fingerprint density at radius 1 is 0.963 bits per heavy atom. The highest BCUT2D eigenvalue weighted by Crippen LogP contribution is 2.40. The minimum absolute atomic E-state index is 0.0123. The number of esters is 2. The van der Waals surface area contributed by atoms with Gasteiger partial charge in [-0.15, -0.1) is 0 Å². The van der Waals surface area contributed by atoms with Crippen molar-refractivity contribution in [3.63, 3.8) is 0 Å². The van der Waals surface area contributed by atoms with Crippen molar-refractivity contribution in [3.8, 4) is 0 Å². The van der Waals surface area contributed by atoms with Crippen LogP contribution < -0.4 is 0 Å². The molecule has 0 saturated carbocycles. The highest BCUT2D eigenvalue weighted by Gasteiger charge is 2.35. The van der Waals surface area contributed by atoms with Crippen LogP contribution in [0.5, 0.6) is 0 Å². The molecule has 0 heterocycles. The average molecular weight is 388 g/mol. The Hall–Kier alpha value is -2.67. The zero-order valence-corrected chi connectivity index (χ0v) is 15.9. The van der Waals surface area contributed by atoms with Crippen molar-refractivity contribution >= 4 is 21.8 Å². The lowest BCUT2D eigenvalue weighted by Gasteiger charge is -2.27. The Morgan fingerprint density at radius 2 is 1.56 bits per heavy atom. The smallest absolute Gasteiger partial charge is 0.338 e. The molecule has 0 aliphatic heterocycles. The molecule has 3 rings (SSSR count). The van der Waals surface area contributed by atoms with Crippen LogP contribution in [0.3, 0.4) is 0 Å². The third-order valence-corrected chi connectivity index (χ3v) is 6.96. The van der Waals surface area contributed by atoms with Crippen molar-refractivity contribution in [2.24, 2.45) is 0 Å². The second-order valence-electron chi connectivity index (χ2n) is 6.32. The van der Waals surface area contributed by atoms with Gasteiger partial charge in [0.15, 0.2) is 9.84 Å². The molecule has 0 saturated heterocycles. The lowest BCUT2D eigenvalue weighted by atomic mass is 9.87. The van der Waals surface area contributed by atoms with E-state index in [0.29, 0.717) is 24.8 Å². The monoisotopic (exact) mass is 388 g/mol. The molecular weight excluding hydrogens is 368 g/mol. The summed E-state index contributed by atoms with van der Waals surface area (Å²) < 4.78 is 35.9. The summed E-state index contributed by atoms with van der Waals surface area (Å²) in [7, 11) is -1.19. The van der Waals surface area contributed by atoms with Gasteiger partial charge in [-0.2, -0.15) is 0 Å². The fourth-order valence-electron chi connectivity index (χ4n) is 3.47. The lowest BCUT2D eigenvalue weighted by Crippen LogP contribution is -2.22. The van der Waals surface area contributed by atoms with Crippen LogP contribution in [0.2, 0.25) is 0 Å². The number of hydrogen-bond donors (Lipinski definition) is 0. The van der Waals surface area contributed by atoms with Crippen LogP contribution >= 0.6 is 0 Å². The molecule has 0 N–H and O–H groups in total. The van der Waals surface area contributed by atoms with Crippen molar-refractivity contribution in [2.45, 2.75) is 29.4 Å². The van der Waals surface area contributed by atoms with E-state index < -0.39 is 27.0 Å². The first-order chi connectivity index (χ1) is 12.9. The van der Waals surface area contributed by atoms with Crippen LogP contribution in [-0.4, -0.2) is 34.6 Å². The number of sulfone groups is 1. The molecule has 2 aromatic carbocycles. The third-order valence-electron chi connectivity index (χ3n) is 4.80. The Kier molecular flexibility index (Phi) is 5.32. The molecule has 0 fully saturated rings. The summed E-state index contributed by atoms with van der Waals surface area (Å²) in [6.07, 6.45) is 1.74. The lowest BCUT2D eigenvalue weighted by molar-refractivity contribution is 0.0555. The van der Waals surface area contributed by atoms with E-state index in [1.807, 2.05) is 0 Å². The van der Waals surface area contributed by atoms with E-state index in [-0.39, 0.29) is 16.0 Å². The molecule has 2 aromatic rings. The first kappa shape index (κ1) is 19.1. The average Bonchev–Trinajstić information content (AvgIpc) is 2.71. The normalized spacial score (nSPS) is 16.3. The summed E-state index contributed by atoms with van der Waals surface area (Å²) in [5.41, 5.74) is 1.37. The van der Waals surface area contributed by atoms with E-state index in [0.717, 1.165) is 5.56 Å². The van der Waals surface area contributed by atoms with Gasteiger partial charge in [-0.1, -0.05) is 18.2 Å². The van der Waals surface area contributed by atoms with Gasteiger partial charge in [0, 0.05) is 0 Å². The zero-order chi connectivity index (χ0) is 19.6. The highest BCUT2D eigenvalue weighted by molar-refractivity contribution is 7.91. The molecule has 6 nitrogen and oxygen atoms in total. The molecule has 142 valence electrons. The fraction of sp³-hybridized carbons (Fsp3) is 0.300. The van der Waals surface area contributed by atoms with Gasteiger partial charge >= 0.3 is 11.9 Å². The van der Waals surface area contributed by atoms with Crippen LogP contribution in [0.25, 0.3) is 0 Å². The van der Waals surface area contributed by atoms with Crippen molar-refractivity contribution in [1.29, 1.82) is 0 Å². The molecule has 27 heavy (non-hydrogen) atoms. The van der Waals surface area contributed by atoms with Crippen molar-refractivity contribution in [1.82, 2.24) is 0 Å². The molecule has 1 atom stereocenters. The maximum absolute atomic E-state index is 13.2. The topological polar surface area (TPSA) is 86.7 Å². The van der Waals surface area contributed by atoms with E-state index in [9.17, 15) is 18.0 Å². The van der Waals surface area contributed by atoms with E-state index in [1.165, 1.54) is 20.3 Å². The van der Waals surface area contributed by atoms with Crippen LogP contribution in [0.1, 0.15) is 49.9 Å². The first-order valence-electron chi connectivity index (χ1n) is 8.52. The Balaban J connectivity index is 2.18. The van der Waals surface area contributed by atoms with Crippen molar-refractivity contribution in [2.75, 3.05) is 14.2 Å². The van der Waals surface area contributed by atoms with Crippen LogP contribution in [-0.2, 0) is 25.7 Å². The largest absolute Gasteiger partial charge is 0.465 e. The highest BCUT2D eigenvalue weighted by atomic mass is 32.2. The van der Waals surface area contributed by atoms with Gasteiger partial charge < -0.3 is 9.47 Å². The van der Waals surface area contributed by atoms with E-state index >= 15 is 0 Å². The summed E-state index contributed by atoms with van der Waals surface area (Å²) in [5, 5.41) is -0.779. The van der Waals surface area contributed by atoms with Gasteiger partial charge in [-0.05, 0) is 54.7 Å². The maximum atomic E-state index is 13.2. The Labute approximate surface area is 158 Å². The van der Waals surface area contributed by atoms with E-state index in [4.69, 9.17) is 9.47 Å². The number of ether oxygens (including phenoxy) is 2. The Morgan fingerprint density at radius 3 is 2.15 bits per heavy atom. The van der Waals surface area contributed by atoms with Gasteiger partial charge in [0.1, 0.15) is 0 Å². The number of hydrogen-bond acceptors (Lipinski definition) is 6. The number of rotatable bonds is 4. The number of carbonyl (C=O) groups excluding carboxylic acids is 2. The summed E-state index contributed by atoms with van der Waals surface area (Å²) in [4.78, 5) is 24.5. The van der Waals surface area contributed by atoms with Gasteiger partial charge in [0.05, 0.1) is 35.5 Å². The molecule has 0 bridgehead atoms. The van der Waals surface area contributed by atoms with Crippen LogP contribution in [0.4, 0.5) is 0 Å². The predicted molar refractivity (Wildman–Crippen MR) is 98.4 cm³/mol. The SMILES string of the molecule is COC(=O)c1cc2c(cc1C(=O)OC)C(S(=O)(=O)c1ccccc1)CCC2. The summed E-state index contributed by atoms with van der Waals surface area (Å²) in [5.74, 6) is -1.37. The molecule has 0 radical (unpaired) electrons. The number of benzene rings is 2. The summed E-state index contributed by atoms with van der Waals surface area (Å²) in [6, 6.07) is 11.3. The summed E-state index contributed by atoms with van der Waals surface area (Å²) in [6.45, 7) is 0. The molecule has 0 amide bonds. The van der Waals surface area contributed by atoms with Gasteiger partial charge in [0.25, 0.3) is 0 Å². The van der Waals surface area contributed by atoms with Gasteiger partial charge in [0.2, 0.25) is 0 Å². The van der Waals surface area contributed by atoms with Crippen LogP contribution in [0, 0.1) is 0 Å². The molecule has 0 spiro atoms. The fourth-order valence-corrected chi connectivity index (χ4v) is 5.36. The number of aryl methyl sites for hydroxylation is 1. The molecule has 1 aliphatic carbocycles. The molecular formula is C20H20O6S. The van der Waals surface area contributed by atoms with Gasteiger partial charge in [-0.3, -0.25) is 0 Å². The molecule has 7 heteroatoms. The number of carbonyl (C=O) groups is 2. The van der Waals surface area contributed by atoms with Gasteiger partial charge in [-0.25, -0.2) is 18.0 Å². The molecule has 0 aromatic heterocycles. The maximum Gasteiger partial charge on any atom is 0.338 e. The van der Waals surface area contributed by atoms with Crippen molar-refractivity contribution in [3.05, 3.63) is 64.7 Å². The predicted octanol–water partition coefficient (Wildman–Crippen LogP) is 3.11. The second kappa shape index (κ2) is 7.52. The standard InChI is InChI=1S/C20H20O6S/c1-25-19(21)16-11-13-7-6-10-18(15(13)12-17(16)20(22)26-2)27(23,24)14-8-4-3-5-9-14/h3-5,8-9,11-12,18H,6-7,10H2,1-2H3. The zero-order valence-electron chi connectivity index (χ0n) is 15.1. The second-order valence-corrected chi connectivity index (χ2v) is 8.45. The van der Waals surface area contributed by atoms with E-state index in [2.05, 4.69) is 0 Å². The molecule has 1 unspecified atom stereocenters. The number of fused-ring (bicyclic) bond motifs is 1. The minimum Gasteiger partial charge on any atom is -0.465 e. The van der Waals surface area contributed by atoms with Crippen molar-refractivity contribution < 1.29 is 27.5 Å². The third kappa shape index (κ3) is 3.47. The minimum atomic E-state index is -3.63. The quantitative estimate of drug-likeness (QED) is 0.748.